The molecule has 0 amide bonds. The minimum Gasteiger partial charge on any atom is -0.595 e. The Morgan fingerprint density at radius 2 is 1.83 bits per heavy atom. The van der Waals surface area contributed by atoms with Gasteiger partial charge in [0.2, 0.25) is 0 Å². The number of carbonyl (C=O) groups excluding carboxylic acids is 1. The fraction of sp³-hybridized carbons (Fsp3) is 0.0588. The van der Waals surface area contributed by atoms with Gasteiger partial charge in [0, 0.05) is 17.7 Å². The Morgan fingerprint density at radius 3 is 2.42 bits per heavy atom. The molecule has 0 aromatic heterocycles. The van der Waals surface area contributed by atoms with Crippen molar-refractivity contribution in [3.05, 3.63) is 83.6 Å². The van der Waals surface area contributed by atoms with Crippen LogP contribution in [-0.4, -0.2) is 23.7 Å². The number of benzene rings is 2. The molecule has 2 aromatic rings. The molecule has 124 valence electrons. The van der Waals surface area contributed by atoms with Crippen molar-refractivity contribution >= 4 is 17.6 Å². The van der Waals surface area contributed by atoms with Crippen LogP contribution in [0.4, 0.5) is 5.69 Å². The van der Waals surface area contributed by atoms with E-state index in [0.29, 0.717) is 5.56 Å². The van der Waals surface area contributed by atoms with Crippen molar-refractivity contribution in [2.24, 2.45) is 5.16 Å². The van der Waals surface area contributed by atoms with Crippen molar-refractivity contribution in [1.29, 1.82) is 0 Å². The number of hydrogen-bond donors (Lipinski definition) is 2. The molecular weight excluding hydrogens is 312 g/mol. The topological polar surface area (TPSA) is 95.6 Å². The molecule has 1 atom stereocenters. The summed E-state index contributed by atoms with van der Waals surface area (Å²) in [4.78, 5) is 17.2. The minimum absolute atomic E-state index is 0.00441. The van der Waals surface area contributed by atoms with Crippen LogP contribution in [-0.2, 0) is 9.57 Å². The van der Waals surface area contributed by atoms with Gasteiger partial charge in [-0.2, -0.15) is 5.23 Å². The van der Waals surface area contributed by atoms with E-state index >= 15 is 0 Å². The van der Waals surface area contributed by atoms with Gasteiger partial charge in [-0.1, -0.05) is 30.9 Å². The van der Waals surface area contributed by atoms with Crippen LogP contribution in [0.25, 0.3) is 0 Å². The second-order valence-electron chi connectivity index (χ2n) is 4.62. The first-order valence-electron chi connectivity index (χ1n) is 7.03. The maximum atomic E-state index is 12.2. The first-order chi connectivity index (χ1) is 11.6. The molecule has 7 nitrogen and oxygen atoms in total. The molecule has 0 spiro atoms. The SMILES string of the molecule is C=CCO/N=C(\OC(=O)c1ccc([NH+]([O-])O)cc1)c1ccccc1. The van der Waals surface area contributed by atoms with Crippen molar-refractivity contribution < 1.29 is 24.8 Å². The second kappa shape index (κ2) is 8.59. The molecule has 0 heterocycles. The normalized spacial score (nSPS) is 12.3. The van der Waals surface area contributed by atoms with Crippen LogP contribution in [0.1, 0.15) is 15.9 Å². The second-order valence-corrected chi connectivity index (χ2v) is 4.62. The Labute approximate surface area is 138 Å². The van der Waals surface area contributed by atoms with Gasteiger partial charge in [-0.05, 0) is 29.4 Å². The van der Waals surface area contributed by atoms with Gasteiger partial charge in [-0.25, -0.2) is 10.0 Å². The highest BCUT2D eigenvalue weighted by molar-refractivity contribution is 6.04. The third-order valence-electron chi connectivity index (χ3n) is 2.92. The largest absolute Gasteiger partial charge is 0.595 e. The Hall–Kier alpha value is -3.00. The van der Waals surface area contributed by atoms with Crippen LogP contribution in [0.15, 0.2) is 72.4 Å². The zero-order chi connectivity index (χ0) is 17.4. The number of hydrogen-bond acceptors (Lipinski definition) is 6. The fourth-order valence-corrected chi connectivity index (χ4v) is 1.76. The molecule has 2 N–H and O–H groups in total. The highest BCUT2D eigenvalue weighted by atomic mass is 16.8. The lowest BCUT2D eigenvalue weighted by molar-refractivity contribution is -0.991. The van der Waals surface area contributed by atoms with Crippen molar-refractivity contribution in [1.82, 2.24) is 0 Å². The zero-order valence-electron chi connectivity index (χ0n) is 12.7. The van der Waals surface area contributed by atoms with Crippen LogP contribution >= 0.6 is 0 Å². The summed E-state index contributed by atoms with van der Waals surface area (Å²) < 4.78 is 5.27. The van der Waals surface area contributed by atoms with E-state index < -0.39 is 11.2 Å². The lowest BCUT2D eigenvalue weighted by Gasteiger charge is -2.11. The summed E-state index contributed by atoms with van der Waals surface area (Å²) in [6, 6.07) is 14.2. The van der Waals surface area contributed by atoms with Crippen LogP contribution in [0.3, 0.4) is 0 Å². The van der Waals surface area contributed by atoms with Gasteiger partial charge in [0.15, 0.2) is 5.69 Å². The van der Waals surface area contributed by atoms with Crippen LogP contribution in [0.2, 0.25) is 0 Å². The van der Waals surface area contributed by atoms with E-state index in [2.05, 4.69) is 11.7 Å². The van der Waals surface area contributed by atoms with Crippen molar-refractivity contribution in [2.75, 3.05) is 6.61 Å². The van der Waals surface area contributed by atoms with Crippen molar-refractivity contribution in [3.8, 4) is 0 Å². The summed E-state index contributed by atoms with van der Waals surface area (Å²) in [6.45, 7) is 3.68. The number of quaternary nitrogens is 1. The molecule has 0 aliphatic carbocycles. The maximum absolute atomic E-state index is 12.2. The maximum Gasteiger partial charge on any atom is 0.344 e. The molecule has 0 aliphatic heterocycles. The molecule has 0 saturated heterocycles. The molecule has 24 heavy (non-hydrogen) atoms. The van der Waals surface area contributed by atoms with Gasteiger partial charge in [-0.15, -0.1) is 0 Å². The Balaban J connectivity index is 2.17. The number of ether oxygens (including phenoxy) is 1. The Bertz CT molecular complexity index is 712. The van der Waals surface area contributed by atoms with E-state index in [1.807, 2.05) is 6.07 Å². The highest BCUT2D eigenvalue weighted by Crippen LogP contribution is 2.10. The monoisotopic (exact) mass is 328 g/mol. The molecule has 2 aromatic carbocycles. The molecule has 0 aliphatic rings. The summed E-state index contributed by atoms with van der Waals surface area (Å²) in [5.74, 6) is -0.665. The summed E-state index contributed by atoms with van der Waals surface area (Å²) in [5.41, 5.74) is 0.849. The lowest BCUT2D eigenvalue weighted by Crippen LogP contribution is -2.99. The van der Waals surface area contributed by atoms with Crippen LogP contribution in [0.5, 0.6) is 0 Å². The van der Waals surface area contributed by atoms with E-state index in [0.717, 1.165) is 0 Å². The molecule has 1 unspecified atom stereocenters. The van der Waals surface area contributed by atoms with Gasteiger partial charge in [-0.3, -0.25) is 0 Å². The lowest BCUT2D eigenvalue weighted by atomic mass is 10.2. The van der Waals surface area contributed by atoms with E-state index in [9.17, 15) is 10.0 Å². The number of oxime groups is 1. The van der Waals surface area contributed by atoms with E-state index in [-0.39, 0.29) is 23.8 Å². The van der Waals surface area contributed by atoms with Crippen molar-refractivity contribution in [2.45, 2.75) is 0 Å². The fourth-order valence-electron chi connectivity index (χ4n) is 1.76. The smallest absolute Gasteiger partial charge is 0.344 e. The van der Waals surface area contributed by atoms with Gasteiger partial charge < -0.3 is 14.8 Å². The average molecular weight is 328 g/mol. The van der Waals surface area contributed by atoms with E-state index in [4.69, 9.17) is 14.8 Å². The van der Waals surface area contributed by atoms with Gasteiger partial charge >= 0.3 is 5.97 Å². The first-order valence-corrected chi connectivity index (χ1v) is 7.03. The number of rotatable bonds is 6. The van der Waals surface area contributed by atoms with E-state index in [1.54, 1.807) is 24.3 Å². The third kappa shape index (κ3) is 4.75. The predicted molar refractivity (Wildman–Crippen MR) is 86.8 cm³/mol. The predicted octanol–water partition coefficient (Wildman–Crippen LogP) is 1.81. The van der Waals surface area contributed by atoms with Gasteiger partial charge in [0.25, 0.3) is 5.90 Å². The molecule has 0 fully saturated rings. The van der Waals surface area contributed by atoms with Gasteiger partial charge in [0.1, 0.15) is 6.61 Å². The Kier molecular flexibility index (Phi) is 6.21. The first kappa shape index (κ1) is 17.4. The average Bonchev–Trinajstić information content (AvgIpc) is 2.61. The molecule has 0 bridgehead atoms. The summed E-state index contributed by atoms with van der Waals surface area (Å²) >= 11 is 0. The number of carbonyl (C=O) groups is 1. The summed E-state index contributed by atoms with van der Waals surface area (Å²) in [6.07, 6.45) is 1.51. The van der Waals surface area contributed by atoms with E-state index in [1.165, 1.54) is 30.3 Å². The number of nitrogens with zero attached hydrogens (tertiary/aromatic N) is 1. The third-order valence-corrected chi connectivity index (χ3v) is 2.92. The zero-order valence-corrected chi connectivity index (χ0v) is 12.7. The number of nitrogens with one attached hydrogen (secondary N) is 1. The minimum atomic E-state index is -1.07. The quantitative estimate of drug-likeness (QED) is 0.211. The standard InChI is InChI=1S/C17H16N2O5/c1-2-12-23-18-16(13-6-4-3-5-7-13)24-17(20)14-8-10-15(11-9-14)19(21)22/h2-11,19,21H,1,12H2/b18-16-. The molecule has 0 radical (unpaired) electrons. The highest BCUT2D eigenvalue weighted by Gasteiger charge is 2.15. The molecule has 0 saturated carbocycles. The van der Waals surface area contributed by atoms with Crippen LogP contribution < -0.4 is 5.23 Å². The summed E-state index contributed by atoms with van der Waals surface area (Å²) in [7, 11) is 0. The van der Waals surface area contributed by atoms with Crippen molar-refractivity contribution in [3.63, 3.8) is 0 Å². The summed E-state index contributed by atoms with van der Waals surface area (Å²) in [5, 5.41) is 22.4. The molecular formula is C17H16N2O5. The Morgan fingerprint density at radius 1 is 1.17 bits per heavy atom. The number of esters is 1. The molecule has 7 heteroatoms. The van der Waals surface area contributed by atoms with Gasteiger partial charge in [0.05, 0.1) is 5.56 Å². The molecule has 2 rings (SSSR count). The van der Waals surface area contributed by atoms with Crippen LogP contribution in [0, 0.1) is 5.21 Å².